The molecule has 0 saturated carbocycles. The van der Waals surface area contributed by atoms with Crippen molar-refractivity contribution < 1.29 is 18.7 Å². The lowest BCUT2D eigenvalue weighted by molar-refractivity contribution is -0.141. The van der Waals surface area contributed by atoms with Crippen molar-refractivity contribution in [1.29, 1.82) is 0 Å². The van der Waals surface area contributed by atoms with Crippen molar-refractivity contribution in [3.05, 3.63) is 29.8 Å². The molecule has 0 aromatic heterocycles. The molecule has 0 radical (unpaired) electrons. The van der Waals surface area contributed by atoms with Gasteiger partial charge in [0.2, 0.25) is 0 Å². The van der Waals surface area contributed by atoms with Crippen LogP contribution in [0.1, 0.15) is 20.3 Å². The fraction of sp³-hybridized carbons (Fsp3) is 0.364. The zero-order chi connectivity index (χ0) is 12.3. The summed E-state index contributed by atoms with van der Waals surface area (Å²) in [6.07, 6.45) is 0.321. The van der Waals surface area contributed by atoms with Gasteiger partial charge in [0.1, 0.15) is 5.54 Å². The monoisotopic (exact) mass is 229 g/mol. The number of carbonyl (C=O) groups is 1. The van der Waals surface area contributed by atoms with E-state index in [9.17, 15) is 13.6 Å². The third-order valence-corrected chi connectivity index (χ3v) is 2.52. The Labute approximate surface area is 92.1 Å². The Morgan fingerprint density at radius 3 is 2.50 bits per heavy atom. The van der Waals surface area contributed by atoms with Crippen LogP contribution >= 0.6 is 0 Å². The molecule has 1 atom stereocenters. The minimum atomic E-state index is -1.19. The van der Waals surface area contributed by atoms with E-state index in [-0.39, 0.29) is 5.69 Å². The van der Waals surface area contributed by atoms with Gasteiger partial charge in [-0.2, -0.15) is 0 Å². The average molecular weight is 229 g/mol. The molecule has 1 aromatic rings. The maximum atomic E-state index is 12.9. The molecule has 0 amide bonds. The fourth-order valence-corrected chi connectivity index (χ4v) is 1.19. The first-order valence-corrected chi connectivity index (χ1v) is 4.85. The summed E-state index contributed by atoms with van der Waals surface area (Å²) >= 11 is 0. The van der Waals surface area contributed by atoms with Gasteiger partial charge in [-0.3, -0.25) is 0 Å². The highest BCUT2D eigenvalue weighted by atomic mass is 19.2. The number of aliphatic carboxylic acids is 1. The molecule has 16 heavy (non-hydrogen) atoms. The molecule has 0 aliphatic rings. The van der Waals surface area contributed by atoms with Crippen LogP contribution in [0, 0.1) is 11.6 Å². The summed E-state index contributed by atoms with van der Waals surface area (Å²) in [5, 5.41) is 11.7. The largest absolute Gasteiger partial charge is 0.480 e. The number of halogens is 2. The van der Waals surface area contributed by atoms with Gasteiger partial charge < -0.3 is 10.4 Å². The lowest BCUT2D eigenvalue weighted by atomic mass is 9.99. The molecule has 1 aromatic carbocycles. The van der Waals surface area contributed by atoms with Gasteiger partial charge in [0.25, 0.3) is 0 Å². The first-order valence-electron chi connectivity index (χ1n) is 4.85. The van der Waals surface area contributed by atoms with Gasteiger partial charge in [0.05, 0.1) is 0 Å². The maximum Gasteiger partial charge on any atom is 0.329 e. The molecule has 5 heteroatoms. The van der Waals surface area contributed by atoms with Crippen LogP contribution in [0.15, 0.2) is 18.2 Å². The number of carboxylic acids is 1. The molecule has 0 aliphatic heterocycles. The molecule has 0 saturated heterocycles. The fourth-order valence-electron chi connectivity index (χ4n) is 1.19. The second-order valence-electron chi connectivity index (χ2n) is 3.74. The molecule has 0 heterocycles. The Balaban J connectivity index is 2.95. The van der Waals surface area contributed by atoms with Crippen molar-refractivity contribution in [2.45, 2.75) is 25.8 Å². The molecule has 1 rings (SSSR count). The van der Waals surface area contributed by atoms with Crippen molar-refractivity contribution in [3.8, 4) is 0 Å². The Hall–Kier alpha value is -1.65. The minimum Gasteiger partial charge on any atom is -0.480 e. The first-order chi connectivity index (χ1) is 7.39. The highest BCUT2D eigenvalue weighted by molar-refractivity contribution is 5.82. The lowest BCUT2D eigenvalue weighted by Crippen LogP contribution is -2.42. The number of hydrogen-bond donors (Lipinski definition) is 2. The second kappa shape index (κ2) is 4.47. The molecule has 0 aliphatic carbocycles. The Morgan fingerprint density at radius 1 is 1.44 bits per heavy atom. The third-order valence-electron chi connectivity index (χ3n) is 2.52. The molecule has 0 bridgehead atoms. The standard InChI is InChI=1S/C11H13F2NO2/c1-3-11(2,10(15)16)14-7-4-5-8(12)9(13)6-7/h4-6,14H,3H2,1-2H3,(H,15,16). The SMILES string of the molecule is CCC(C)(Nc1ccc(F)c(F)c1)C(=O)O. The van der Waals surface area contributed by atoms with Crippen LogP contribution in [-0.4, -0.2) is 16.6 Å². The molecule has 0 spiro atoms. The van der Waals surface area contributed by atoms with E-state index in [1.165, 1.54) is 13.0 Å². The van der Waals surface area contributed by atoms with E-state index >= 15 is 0 Å². The number of benzene rings is 1. The van der Waals surface area contributed by atoms with E-state index in [0.717, 1.165) is 12.1 Å². The number of nitrogens with one attached hydrogen (secondary N) is 1. The number of carboxylic acid groups (broad SMARTS) is 1. The van der Waals surface area contributed by atoms with E-state index in [1.54, 1.807) is 6.92 Å². The van der Waals surface area contributed by atoms with Crippen LogP contribution in [0.4, 0.5) is 14.5 Å². The van der Waals surface area contributed by atoms with E-state index in [0.29, 0.717) is 6.42 Å². The van der Waals surface area contributed by atoms with Gasteiger partial charge in [-0.1, -0.05) is 6.92 Å². The molecule has 88 valence electrons. The predicted molar refractivity (Wildman–Crippen MR) is 56.3 cm³/mol. The van der Waals surface area contributed by atoms with Crippen LogP contribution in [0.3, 0.4) is 0 Å². The number of rotatable bonds is 4. The number of hydrogen-bond acceptors (Lipinski definition) is 2. The summed E-state index contributed by atoms with van der Waals surface area (Å²) in [5.41, 5.74) is -0.949. The van der Waals surface area contributed by atoms with Crippen molar-refractivity contribution in [2.75, 3.05) is 5.32 Å². The van der Waals surface area contributed by atoms with Crippen molar-refractivity contribution in [3.63, 3.8) is 0 Å². The molecular formula is C11H13F2NO2. The quantitative estimate of drug-likeness (QED) is 0.834. The van der Waals surface area contributed by atoms with E-state index in [2.05, 4.69) is 5.32 Å². The van der Waals surface area contributed by atoms with E-state index < -0.39 is 23.1 Å². The van der Waals surface area contributed by atoms with E-state index in [1.807, 2.05) is 0 Å². The van der Waals surface area contributed by atoms with Gasteiger partial charge in [-0.05, 0) is 25.5 Å². The van der Waals surface area contributed by atoms with E-state index in [4.69, 9.17) is 5.11 Å². The van der Waals surface area contributed by atoms with Crippen LogP contribution in [0.25, 0.3) is 0 Å². The molecule has 3 nitrogen and oxygen atoms in total. The van der Waals surface area contributed by atoms with Gasteiger partial charge in [0.15, 0.2) is 11.6 Å². The summed E-state index contributed by atoms with van der Waals surface area (Å²) in [4.78, 5) is 11.0. The maximum absolute atomic E-state index is 12.9. The molecule has 1 unspecified atom stereocenters. The highest BCUT2D eigenvalue weighted by Gasteiger charge is 2.30. The smallest absolute Gasteiger partial charge is 0.329 e. The van der Waals surface area contributed by atoms with Gasteiger partial charge >= 0.3 is 5.97 Å². The van der Waals surface area contributed by atoms with Crippen LogP contribution in [0.5, 0.6) is 0 Å². The average Bonchev–Trinajstić information content (AvgIpc) is 2.23. The van der Waals surface area contributed by atoms with Crippen LogP contribution < -0.4 is 5.32 Å². The van der Waals surface area contributed by atoms with Crippen molar-refractivity contribution in [2.24, 2.45) is 0 Å². The minimum absolute atomic E-state index is 0.241. The summed E-state index contributed by atoms with van der Waals surface area (Å²) in [6.45, 7) is 3.18. The Morgan fingerprint density at radius 2 is 2.06 bits per heavy atom. The third kappa shape index (κ3) is 2.48. The first kappa shape index (κ1) is 12.4. The lowest BCUT2D eigenvalue weighted by Gasteiger charge is -2.25. The van der Waals surface area contributed by atoms with Gasteiger partial charge in [-0.15, -0.1) is 0 Å². The van der Waals surface area contributed by atoms with Crippen LogP contribution in [-0.2, 0) is 4.79 Å². The molecule has 0 fully saturated rings. The highest BCUT2D eigenvalue weighted by Crippen LogP contribution is 2.20. The number of anilines is 1. The topological polar surface area (TPSA) is 49.3 Å². The van der Waals surface area contributed by atoms with Gasteiger partial charge in [0, 0.05) is 11.8 Å². The normalized spacial score (nSPS) is 14.2. The zero-order valence-corrected chi connectivity index (χ0v) is 9.05. The van der Waals surface area contributed by atoms with Crippen molar-refractivity contribution >= 4 is 11.7 Å². The van der Waals surface area contributed by atoms with Crippen molar-refractivity contribution in [1.82, 2.24) is 0 Å². The zero-order valence-electron chi connectivity index (χ0n) is 9.05. The Bertz CT molecular complexity index is 409. The summed E-state index contributed by atoms with van der Waals surface area (Å²) in [6, 6.07) is 3.19. The summed E-state index contributed by atoms with van der Waals surface area (Å²) < 4.78 is 25.5. The molecular weight excluding hydrogens is 216 g/mol. The summed E-state index contributed by atoms with van der Waals surface area (Å²) in [5.74, 6) is -3.01. The predicted octanol–water partition coefficient (Wildman–Crippen LogP) is 2.63. The Kier molecular flexibility index (Phi) is 3.47. The molecule has 2 N–H and O–H groups in total. The van der Waals surface area contributed by atoms with Crippen LogP contribution in [0.2, 0.25) is 0 Å². The second-order valence-corrected chi connectivity index (χ2v) is 3.74. The summed E-state index contributed by atoms with van der Waals surface area (Å²) in [7, 11) is 0. The van der Waals surface area contributed by atoms with Gasteiger partial charge in [-0.25, -0.2) is 13.6 Å².